The predicted octanol–water partition coefficient (Wildman–Crippen LogP) is 4.34. The Morgan fingerprint density at radius 2 is 1.67 bits per heavy atom. The fourth-order valence-corrected chi connectivity index (χ4v) is 2.64. The van der Waals surface area contributed by atoms with E-state index in [1.54, 1.807) is 12.1 Å². The Balaban J connectivity index is 1.45. The molecule has 0 spiro atoms. The van der Waals surface area contributed by atoms with Gasteiger partial charge in [-0.3, -0.25) is 4.79 Å². The summed E-state index contributed by atoms with van der Waals surface area (Å²) in [6, 6.07) is 14.8. The van der Waals surface area contributed by atoms with Crippen molar-refractivity contribution in [3.05, 3.63) is 59.9 Å². The van der Waals surface area contributed by atoms with Crippen LogP contribution >= 0.6 is 0 Å². The molecular formula is C23H27N3O4. The van der Waals surface area contributed by atoms with Crippen molar-refractivity contribution in [1.29, 1.82) is 0 Å². The largest absolute Gasteiger partial charge is 0.491 e. The molecule has 3 aromatic rings. The molecule has 0 saturated heterocycles. The summed E-state index contributed by atoms with van der Waals surface area (Å²) < 4.78 is 16.4. The SMILES string of the molecule is CC(C)Oc1ccc(CNC(=O)COc2ccc(-c3nc(C(C)C)no3)cc2)cc1. The molecule has 0 aliphatic rings. The van der Waals surface area contributed by atoms with E-state index >= 15 is 0 Å². The normalized spacial score (nSPS) is 11.0. The van der Waals surface area contributed by atoms with E-state index in [9.17, 15) is 4.79 Å². The van der Waals surface area contributed by atoms with E-state index in [0.717, 1.165) is 16.9 Å². The van der Waals surface area contributed by atoms with Crippen LogP contribution in [-0.2, 0) is 11.3 Å². The third kappa shape index (κ3) is 6.07. The summed E-state index contributed by atoms with van der Waals surface area (Å²) in [5, 5.41) is 6.80. The first-order valence-corrected chi connectivity index (χ1v) is 10.00. The zero-order chi connectivity index (χ0) is 21.5. The highest BCUT2D eigenvalue weighted by Crippen LogP contribution is 2.22. The van der Waals surface area contributed by atoms with Crippen LogP contribution < -0.4 is 14.8 Å². The van der Waals surface area contributed by atoms with Crippen LogP contribution in [0.2, 0.25) is 0 Å². The highest BCUT2D eigenvalue weighted by atomic mass is 16.5. The minimum absolute atomic E-state index is 0.0635. The van der Waals surface area contributed by atoms with Gasteiger partial charge in [0, 0.05) is 18.0 Å². The maximum absolute atomic E-state index is 12.1. The minimum Gasteiger partial charge on any atom is -0.491 e. The molecular weight excluding hydrogens is 382 g/mol. The number of amides is 1. The lowest BCUT2D eigenvalue weighted by Crippen LogP contribution is -2.28. The molecule has 3 rings (SSSR count). The monoisotopic (exact) mass is 409 g/mol. The highest BCUT2D eigenvalue weighted by Gasteiger charge is 2.11. The number of hydrogen-bond acceptors (Lipinski definition) is 6. The molecule has 0 aliphatic carbocycles. The molecule has 0 fully saturated rings. The first-order valence-electron chi connectivity index (χ1n) is 10.00. The van der Waals surface area contributed by atoms with Gasteiger partial charge < -0.3 is 19.3 Å². The molecule has 0 atom stereocenters. The molecule has 1 N–H and O–H groups in total. The van der Waals surface area contributed by atoms with E-state index < -0.39 is 0 Å². The molecule has 0 aliphatic heterocycles. The number of carbonyl (C=O) groups excluding carboxylic acids is 1. The van der Waals surface area contributed by atoms with Crippen LogP contribution in [0.4, 0.5) is 0 Å². The van der Waals surface area contributed by atoms with Gasteiger partial charge in [-0.25, -0.2) is 0 Å². The lowest BCUT2D eigenvalue weighted by Gasteiger charge is -2.11. The van der Waals surface area contributed by atoms with Gasteiger partial charge in [0.1, 0.15) is 11.5 Å². The summed E-state index contributed by atoms with van der Waals surface area (Å²) in [4.78, 5) is 16.4. The summed E-state index contributed by atoms with van der Waals surface area (Å²) in [5.41, 5.74) is 1.79. The van der Waals surface area contributed by atoms with E-state index in [2.05, 4.69) is 15.5 Å². The molecule has 7 nitrogen and oxygen atoms in total. The van der Waals surface area contributed by atoms with Crippen LogP contribution in [0.3, 0.4) is 0 Å². The second kappa shape index (κ2) is 9.91. The van der Waals surface area contributed by atoms with Gasteiger partial charge in [0.15, 0.2) is 12.4 Å². The summed E-state index contributed by atoms with van der Waals surface area (Å²) in [6.45, 7) is 8.34. The summed E-state index contributed by atoms with van der Waals surface area (Å²) in [5.74, 6) is 2.55. The first kappa shape index (κ1) is 21.4. The number of benzene rings is 2. The van der Waals surface area contributed by atoms with Crippen LogP contribution in [0.15, 0.2) is 53.1 Å². The van der Waals surface area contributed by atoms with E-state index in [4.69, 9.17) is 14.0 Å². The van der Waals surface area contributed by atoms with Crippen molar-refractivity contribution in [2.45, 2.75) is 46.3 Å². The first-order chi connectivity index (χ1) is 14.4. The number of hydrogen-bond donors (Lipinski definition) is 1. The molecule has 1 aromatic heterocycles. The summed E-state index contributed by atoms with van der Waals surface area (Å²) >= 11 is 0. The fourth-order valence-electron chi connectivity index (χ4n) is 2.64. The number of ether oxygens (including phenoxy) is 2. The van der Waals surface area contributed by atoms with Gasteiger partial charge >= 0.3 is 0 Å². The summed E-state index contributed by atoms with van der Waals surface area (Å²) in [6.07, 6.45) is 0.131. The topological polar surface area (TPSA) is 86.5 Å². The quantitative estimate of drug-likeness (QED) is 0.566. The van der Waals surface area contributed by atoms with Crippen molar-refractivity contribution >= 4 is 5.91 Å². The van der Waals surface area contributed by atoms with Crippen LogP contribution in [0.1, 0.15) is 45.0 Å². The van der Waals surface area contributed by atoms with Gasteiger partial charge in [0.2, 0.25) is 0 Å². The van der Waals surface area contributed by atoms with Gasteiger partial charge in [-0.1, -0.05) is 31.1 Å². The number of rotatable bonds is 9. The number of nitrogens with zero attached hydrogens (tertiary/aromatic N) is 2. The molecule has 158 valence electrons. The second-order valence-corrected chi connectivity index (χ2v) is 7.51. The average Bonchev–Trinajstić information content (AvgIpc) is 3.22. The molecule has 0 unspecified atom stereocenters. The zero-order valence-electron chi connectivity index (χ0n) is 17.7. The van der Waals surface area contributed by atoms with Gasteiger partial charge in [0.25, 0.3) is 11.8 Å². The zero-order valence-corrected chi connectivity index (χ0v) is 17.7. The van der Waals surface area contributed by atoms with Crippen LogP contribution in [0.5, 0.6) is 11.5 Å². The van der Waals surface area contributed by atoms with E-state index in [1.807, 2.05) is 64.1 Å². The Bertz CT molecular complexity index is 947. The van der Waals surface area contributed by atoms with Crippen LogP contribution in [0, 0.1) is 0 Å². The van der Waals surface area contributed by atoms with Crippen molar-refractivity contribution < 1.29 is 18.8 Å². The fraction of sp³-hybridized carbons (Fsp3) is 0.348. The molecule has 7 heteroatoms. The number of aromatic nitrogens is 2. The minimum atomic E-state index is -0.194. The van der Waals surface area contributed by atoms with E-state index in [0.29, 0.717) is 24.0 Å². The van der Waals surface area contributed by atoms with E-state index in [1.165, 1.54) is 0 Å². The smallest absolute Gasteiger partial charge is 0.258 e. The maximum Gasteiger partial charge on any atom is 0.258 e. The van der Waals surface area contributed by atoms with Gasteiger partial charge in [-0.15, -0.1) is 0 Å². The van der Waals surface area contributed by atoms with E-state index in [-0.39, 0.29) is 24.5 Å². The van der Waals surface area contributed by atoms with Gasteiger partial charge in [0.05, 0.1) is 6.10 Å². The van der Waals surface area contributed by atoms with Crippen LogP contribution in [-0.4, -0.2) is 28.8 Å². The maximum atomic E-state index is 12.1. The standard InChI is InChI=1S/C23H27N3O4/c1-15(2)22-25-23(30-26-22)18-7-11-19(12-8-18)28-14-21(27)24-13-17-5-9-20(10-6-17)29-16(3)4/h5-12,15-16H,13-14H2,1-4H3,(H,24,27). The second-order valence-electron chi connectivity index (χ2n) is 7.51. The van der Waals surface area contributed by atoms with Crippen molar-refractivity contribution in [2.75, 3.05) is 6.61 Å². The van der Waals surface area contributed by atoms with Crippen molar-refractivity contribution in [3.63, 3.8) is 0 Å². The number of nitrogens with one attached hydrogen (secondary N) is 1. The third-order valence-electron chi connectivity index (χ3n) is 4.21. The Morgan fingerprint density at radius 1 is 1.00 bits per heavy atom. The van der Waals surface area contributed by atoms with Crippen molar-refractivity contribution in [3.8, 4) is 23.0 Å². The van der Waals surface area contributed by atoms with Gasteiger partial charge in [-0.2, -0.15) is 4.98 Å². The molecule has 2 aromatic carbocycles. The molecule has 1 amide bonds. The third-order valence-corrected chi connectivity index (χ3v) is 4.21. The Hall–Kier alpha value is -3.35. The highest BCUT2D eigenvalue weighted by molar-refractivity contribution is 5.77. The van der Waals surface area contributed by atoms with Gasteiger partial charge in [-0.05, 0) is 55.8 Å². The van der Waals surface area contributed by atoms with Crippen molar-refractivity contribution in [1.82, 2.24) is 15.5 Å². The Kier molecular flexibility index (Phi) is 7.06. The predicted molar refractivity (Wildman–Crippen MR) is 113 cm³/mol. The molecule has 30 heavy (non-hydrogen) atoms. The Labute approximate surface area is 176 Å². The lowest BCUT2D eigenvalue weighted by molar-refractivity contribution is -0.123. The molecule has 0 radical (unpaired) electrons. The Morgan fingerprint density at radius 3 is 2.27 bits per heavy atom. The molecule has 1 heterocycles. The average molecular weight is 409 g/mol. The van der Waals surface area contributed by atoms with Crippen LogP contribution in [0.25, 0.3) is 11.5 Å². The number of carbonyl (C=O) groups is 1. The lowest BCUT2D eigenvalue weighted by atomic mass is 10.2. The summed E-state index contributed by atoms with van der Waals surface area (Å²) in [7, 11) is 0. The van der Waals surface area contributed by atoms with Crippen molar-refractivity contribution in [2.24, 2.45) is 0 Å². The molecule has 0 saturated carbocycles. The molecule has 0 bridgehead atoms.